The maximum atomic E-state index is 13.3. The van der Waals surface area contributed by atoms with Crippen molar-refractivity contribution in [2.24, 2.45) is 0 Å². The Kier molecular flexibility index (Phi) is 5.14. The van der Waals surface area contributed by atoms with Crippen molar-refractivity contribution >= 4 is 34.2 Å². The number of hydrogen-bond acceptors (Lipinski definition) is 5. The molecule has 1 fully saturated rings. The van der Waals surface area contributed by atoms with E-state index in [1.807, 2.05) is 25.1 Å². The molecule has 0 saturated carbocycles. The van der Waals surface area contributed by atoms with Crippen LogP contribution in [0, 0.1) is 6.92 Å². The number of nitrogens with one attached hydrogen (secondary N) is 2. The van der Waals surface area contributed by atoms with Crippen LogP contribution in [0.25, 0.3) is 10.9 Å². The number of hydrogen-bond donors (Lipinski definition) is 3. The van der Waals surface area contributed by atoms with E-state index >= 15 is 0 Å². The molecule has 1 amide bonds. The molecule has 0 bridgehead atoms. The summed E-state index contributed by atoms with van der Waals surface area (Å²) in [7, 11) is 0. The van der Waals surface area contributed by atoms with Crippen molar-refractivity contribution in [2.75, 3.05) is 31.5 Å². The Morgan fingerprint density at radius 1 is 1.10 bits per heavy atom. The summed E-state index contributed by atoms with van der Waals surface area (Å²) in [5, 5.41) is 16.8. The van der Waals surface area contributed by atoms with Crippen molar-refractivity contribution in [3.8, 4) is 0 Å². The first-order valence-electron chi connectivity index (χ1n) is 9.53. The number of nitrogens with zero attached hydrogens (tertiary/aromatic N) is 2. The predicted molar refractivity (Wildman–Crippen MR) is 112 cm³/mol. The number of carboxylic acids is 1. The second kappa shape index (κ2) is 7.89. The highest BCUT2D eigenvalue weighted by atomic mass is 16.4. The van der Waals surface area contributed by atoms with Crippen molar-refractivity contribution in [2.45, 2.75) is 6.92 Å². The summed E-state index contributed by atoms with van der Waals surface area (Å²) in [4.78, 5) is 31.2. The maximum absolute atomic E-state index is 13.3. The Morgan fingerprint density at radius 2 is 1.86 bits per heavy atom. The minimum absolute atomic E-state index is 0.113. The fourth-order valence-electron chi connectivity index (χ4n) is 3.55. The van der Waals surface area contributed by atoms with Crippen LogP contribution >= 0.6 is 0 Å². The molecule has 2 aromatic carbocycles. The van der Waals surface area contributed by atoms with Gasteiger partial charge in [0.15, 0.2) is 0 Å². The van der Waals surface area contributed by atoms with Crippen LogP contribution in [0.15, 0.2) is 48.7 Å². The zero-order valence-corrected chi connectivity index (χ0v) is 16.1. The first kappa shape index (κ1) is 18.9. The van der Waals surface area contributed by atoms with Crippen molar-refractivity contribution in [3.63, 3.8) is 0 Å². The summed E-state index contributed by atoms with van der Waals surface area (Å²) in [5.41, 5.74) is 3.36. The van der Waals surface area contributed by atoms with Crippen molar-refractivity contribution in [1.29, 1.82) is 0 Å². The standard InChI is InChI=1S/C22H22N4O3/c1-14-6-7-18-16(12-14)20(25-19-5-3-2-4-15(19)22(28)29)17(13-24-18)21(27)26-10-8-23-9-11-26/h2-7,12-13,23H,8-11H2,1H3,(H,24,25)(H,28,29). The summed E-state index contributed by atoms with van der Waals surface area (Å²) in [6, 6.07) is 12.5. The molecular weight excluding hydrogens is 368 g/mol. The molecule has 0 spiro atoms. The number of aromatic carboxylic acids is 1. The second-order valence-electron chi connectivity index (χ2n) is 7.09. The van der Waals surface area contributed by atoms with Gasteiger partial charge in [0.25, 0.3) is 5.91 Å². The van der Waals surface area contributed by atoms with Crippen LogP contribution in [-0.4, -0.2) is 53.0 Å². The predicted octanol–water partition coefficient (Wildman–Crippen LogP) is 3.03. The number of pyridine rings is 1. The zero-order valence-electron chi connectivity index (χ0n) is 16.1. The van der Waals surface area contributed by atoms with E-state index in [2.05, 4.69) is 15.6 Å². The van der Waals surface area contributed by atoms with Gasteiger partial charge < -0.3 is 20.6 Å². The van der Waals surface area contributed by atoms with Crippen LogP contribution in [0.3, 0.4) is 0 Å². The molecule has 4 rings (SSSR count). The van der Waals surface area contributed by atoms with Gasteiger partial charge in [0.2, 0.25) is 0 Å². The molecule has 3 N–H and O–H groups in total. The van der Waals surface area contributed by atoms with Crippen molar-refractivity contribution < 1.29 is 14.7 Å². The molecule has 2 heterocycles. The summed E-state index contributed by atoms with van der Waals surface area (Å²) in [5.74, 6) is -1.14. The Labute approximate surface area is 168 Å². The van der Waals surface area contributed by atoms with Gasteiger partial charge in [-0.05, 0) is 31.2 Å². The molecule has 1 aliphatic rings. The number of piperazine rings is 1. The van der Waals surface area contributed by atoms with Gasteiger partial charge in [0.05, 0.1) is 28.0 Å². The van der Waals surface area contributed by atoms with E-state index < -0.39 is 5.97 Å². The van der Waals surface area contributed by atoms with Crippen LogP contribution < -0.4 is 10.6 Å². The Morgan fingerprint density at radius 3 is 2.62 bits per heavy atom. The monoisotopic (exact) mass is 390 g/mol. The maximum Gasteiger partial charge on any atom is 0.337 e. The molecule has 1 aliphatic heterocycles. The van der Waals surface area contributed by atoms with E-state index in [1.165, 1.54) is 6.07 Å². The third-order valence-electron chi connectivity index (χ3n) is 5.08. The van der Waals surface area contributed by atoms with E-state index in [-0.39, 0.29) is 11.5 Å². The molecular formula is C22H22N4O3. The van der Waals surface area contributed by atoms with E-state index in [0.29, 0.717) is 30.0 Å². The van der Waals surface area contributed by atoms with Gasteiger partial charge in [-0.2, -0.15) is 0 Å². The Bertz CT molecular complexity index is 1090. The first-order chi connectivity index (χ1) is 14.0. The molecule has 1 saturated heterocycles. The fourth-order valence-corrected chi connectivity index (χ4v) is 3.55. The normalized spacial score (nSPS) is 14.0. The highest BCUT2D eigenvalue weighted by Crippen LogP contribution is 2.32. The van der Waals surface area contributed by atoms with Gasteiger partial charge >= 0.3 is 5.97 Å². The molecule has 7 heteroatoms. The van der Waals surface area contributed by atoms with Gasteiger partial charge in [0, 0.05) is 37.8 Å². The number of anilines is 2. The molecule has 0 atom stereocenters. The van der Waals surface area contributed by atoms with E-state index in [4.69, 9.17) is 0 Å². The molecule has 7 nitrogen and oxygen atoms in total. The molecule has 0 radical (unpaired) electrons. The van der Waals surface area contributed by atoms with Gasteiger partial charge in [-0.25, -0.2) is 4.79 Å². The van der Waals surface area contributed by atoms with Crippen LogP contribution in [0.5, 0.6) is 0 Å². The number of para-hydroxylation sites is 1. The third kappa shape index (κ3) is 3.77. The van der Waals surface area contributed by atoms with Gasteiger partial charge in [0.1, 0.15) is 0 Å². The average Bonchev–Trinajstić information content (AvgIpc) is 2.74. The minimum Gasteiger partial charge on any atom is -0.478 e. The van der Waals surface area contributed by atoms with E-state index in [1.54, 1.807) is 29.3 Å². The topological polar surface area (TPSA) is 94.6 Å². The highest BCUT2D eigenvalue weighted by molar-refractivity contribution is 6.09. The number of rotatable bonds is 4. The van der Waals surface area contributed by atoms with Gasteiger partial charge in [-0.1, -0.05) is 23.8 Å². The van der Waals surface area contributed by atoms with Crippen molar-refractivity contribution in [3.05, 3.63) is 65.4 Å². The smallest absolute Gasteiger partial charge is 0.337 e. The average molecular weight is 390 g/mol. The summed E-state index contributed by atoms with van der Waals surface area (Å²) in [6.45, 7) is 4.71. The lowest BCUT2D eigenvalue weighted by Gasteiger charge is -2.28. The lowest BCUT2D eigenvalue weighted by molar-refractivity contribution is 0.0696. The minimum atomic E-state index is -1.03. The summed E-state index contributed by atoms with van der Waals surface area (Å²) < 4.78 is 0. The number of benzene rings is 2. The molecule has 1 aromatic heterocycles. The molecule has 148 valence electrons. The number of aryl methyl sites for hydroxylation is 1. The number of amides is 1. The highest BCUT2D eigenvalue weighted by Gasteiger charge is 2.23. The molecule has 29 heavy (non-hydrogen) atoms. The fraction of sp³-hybridized carbons (Fsp3) is 0.227. The van der Waals surface area contributed by atoms with E-state index in [0.717, 1.165) is 29.6 Å². The molecule has 3 aromatic rings. The van der Waals surface area contributed by atoms with Gasteiger partial charge in [-0.3, -0.25) is 9.78 Å². The lowest BCUT2D eigenvalue weighted by Crippen LogP contribution is -2.46. The largest absolute Gasteiger partial charge is 0.478 e. The lowest BCUT2D eigenvalue weighted by atomic mass is 10.0. The number of carbonyl (C=O) groups excluding carboxylic acids is 1. The number of carboxylic acid groups (broad SMARTS) is 1. The SMILES string of the molecule is Cc1ccc2ncc(C(=O)N3CCNCC3)c(Nc3ccccc3C(=O)O)c2c1. The zero-order chi connectivity index (χ0) is 20.4. The number of fused-ring (bicyclic) bond motifs is 1. The molecule has 0 unspecified atom stereocenters. The van der Waals surface area contributed by atoms with E-state index in [9.17, 15) is 14.7 Å². The van der Waals surface area contributed by atoms with Crippen molar-refractivity contribution in [1.82, 2.24) is 15.2 Å². The van der Waals surface area contributed by atoms with Crippen LogP contribution in [0.2, 0.25) is 0 Å². The molecule has 0 aliphatic carbocycles. The Hall–Kier alpha value is -3.45. The number of carbonyl (C=O) groups is 2. The quantitative estimate of drug-likeness (QED) is 0.634. The van der Waals surface area contributed by atoms with Crippen LogP contribution in [-0.2, 0) is 0 Å². The first-order valence-corrected chi connectivity index (χ1v) is 9.53. The summed E-state index contributed by atoms with van der Waals surface area (Å²) >= 11 is 0. The van der Waals surface area contributed by atoms with Crippen LogP contribution in [0.1, 0.15) is 26.3 Å². The third-order valence-corrected chi connectivity index (χ3v) is 5.08. The summed E-state index contributed by atoms with van der Waals surface area (Å²) in [6.07, 6.45) is 1.58. The van der Waals surface area contributed by atoms with Gasteiger partial charge in [-0.15, -0.1) is 0 Å². The number of aromatic nitrogens is 1. The second-order valence-corrected chi connectivity index (χ2v) is 7.09. The van der Waals surface area contributed by atoms with Crippen LogP contribution in [0.4, 0.5) is 11.4 Å². The Balaban J connectivity index is 1.86.